The molecule has 2 N–H and O–H groups in total. The van der Waals surface area contributed by atoms with Gasteiger partial charge in [0.05, 0.1) is 12.7 Å². The van der Waals surface area contributed by atoms with Gasteiger partial charge in [-0.05, 0) is 62.9 Å². The number of pyridine rings is 2. The molecule has 0 aliphatic heterocycles. The molecule has 0 amide bonds. The first-order valence-electron chi connectivity index (χ1n) is 11.8. The first kappa shape index (κ1) is 24.8. The number of ether oxygens (including phenoxy) is 2. The molecule has 0 aliphatic carbocycles. The highest BCUT2D eigenvalue weighted by molar-refractivity contribution is 5.92. The number of rotatable bonds is 10. The minimum Gasteiger partial charge on any atom is -0.485 e. The lowest BCUT2D eigenvalue weighted by atomic mass is 10.0. The second-order valence-electron chi connectivity index (χ2n) is 8.71. The van der Waals surface area contributed by atoms with Gasteiger partial charge in [0.2, 0.25) is 0 Å². The van der Waals surface area contributed by atoms with Crippen LogP contribution in [0.15, 0.2) is 58.4 Å². The summed E-state index contributed by atoms with van der Waals surface area (Å²) in [5.41, 5.74) is 1.15. The minimum atomic E-state index is -0.866. The average Bonchev–Trinajstić information content (AvgIpc) is 2.86. The zero-order chi connectivity index (χ0) is 25.8. The number of esters is 1. The fourth-order valence-electron chi connectivity index (χ4n) is 3.88. The van der Waals surface area contributed by atoms with Gasteiger partial charge < -0.3 is 20.1 Å². The molecule has 2 aromatic heterocycles. The Labute approximate surface area is 208 Å². The van der Waals surface area contributed by atoms with Crippen LogP contribution in [-0.4, -0.2) is 34.7 Å². The molecule has 9 nitrogen and oxygen atoms in total. The molecule has 2 aromatic carbocycles. The molecule has 1 atom stereocenters. The second kappa shape index (κ2) is 10.6. The molecule has 0 unspecified atom stereocenters. The number of carbonyl (C=O) groups is 1. The summed E-state index contributed by atoms with van der Waals surface area (Å²) in [7, 11) is 0. The largest absolute Gasteiger partial charge is 0.485 e. The highest BCUT2D eigenvalue weighted by atomic mass is 16.5. The smallest absolute Gasteiger partial charge is 0.328 e. The first-order chi connectivity index (χ1) is 17.3. The molecule has 186 valence electrons. The summed E-state index contributed by atoms with van der Waals surface area (Å²) in [6.45, 7) is 7.34. The van der Waals surface area contributed by atoms with Gasteiger partial charge in [-0.15, -0.1) is 0 Å². The van der Waals surface area contributed by atoms with Crippen LogP contribution >= 0.6 is 0 Å². The lowest BCUT2D eigenvalue weighted by Crippen LogP contribution is -2.42. The molecule has 2 heterocycles. The van der Waals surface area contributed by atoms with Gasteiger partial charge in [0.25, 0.3) is 10.9 Å². The summed E-state index contributed by atoms with van der Waals surface area (Å²) in [6, 6.07) is 10.6. The predicted octanol–water partition coefficient (Wildman–Crippen LogP) is 3.65. The van der Waals surface area contributed by atoms with Crippen molar-refractivity contribution in [1.82, 2.24) is 9.97 Å². The molecule has 0 aliphatic rings. The lowest BCUT2D eigenvalue weighted by Gasteiger charge is -2.22. The maximum atomic E-state index is 12.6. The maximum Gasteiger partial charge on any atom is 0.328 e. The van der Waals surface area contributed by atoms with Crippen LogP contribution in [0.4, 0.5) is 17.2 Å². The van der Waals surface area contributed by atoms with Crippen molar-refractivity contribution in [2.75, 3.05) is 17.2 Å². The molecule has 0 spiro atoms. The van der Waals surface area contributed by atoms with E-state index in [4.69, 9.17) is 9.47 Å². The van der Waals surface area contributed by atoms with Gasteiger partial charge in [0.1, 0.15) is 17.5 Å². The van der Waals surface area contributed by atoms with E-state index >= 15 is 0 Å². The third kappa shape index (κ3) is 5.35. The molecule has 36 heavy (non-hydrogen) atoms. The fraction of sp³-hybridized carbons (Fsp3) is 0.296. The van der Waals surface area contributed by atoms with Crippen molar-refractivity contribution in [3.63, 3.8) is 0 Å². The van der Waals surface area contributed by atoms with Crippen LogP contribution in [-0.2, 0) is 16.0 Å². The van der Waals surface area contributed by atoms with Crippen molar-refractivity contribution in [3.8, 4) is 5.75 Å². The highest BCUT2D eigenvalue weighted by Gasteiger charge is 2.29. The van der Waals surface area contributed by atoms with Crippen LogP contribution in [0.5, 0.6) is 5.75 Å². The number of hydrogen-bond donors (Lipinski definition) is 2. The van der Waals surface area contributed by atoms with Crippen LogP contribution in [0, 0.1) is 6.92 Å². The van der Waals surface area contributed by atoms with Crippen molar-refractivity contribution in [3.05, 3.63) is 80.5 Å². The van der Waals surface area contributed by atoms with Gasteiger partial charge in [0, 0.05) is 35.6 Å². The van der Waals surface area contributed by atoms with Crippen LogP contribution in [0.1, 0.15) is 32.0 Å². The molecule has 0 radical (unpaired) electrons. The first-order valence-corrected chi connectivity index (χ1v) is 11.8. The summed E-state index contributed by atoms with van der Waals surface area (Å²) in [6.07, 6.45) is 3.47. The molecule has 0 fully saturated rings. The minimum absolute atomic E-state index is 0.0102. The molecule has 9 heteroatoms. The number of anilines is 3. The van der Waals surface area contributed by atoms with Crippen molar-refractivity contribution in [2.45, 2.75) is 46.3 Å². The molecule has 4 aromatic rings. The van der Waals surface area contributed by atoms with E-state index in [-0.39, 0.29) is 30.6 Å². The Morgan fingerprint density at radius 3 is 2.53 bits per heavy atom. The van der Waals surface area contributed by atoms with Gasteiger partial charge in [-0.25, -0.2) is 9.78 Å². The lowest BCUT2D eigenvalue weighted by molar-refractivity contribution is -0.144. The van der Waals surface area contributed by atoms with Gasteiger partial charge in [-0.2, -0.15) is 0 Å². The Morgan fingerprint density at radius 1 is 1.08 bits per heavy atom. The van der Waals surface area contributed by atoms with Gasteiger partial charge in [-0.3, -0.25) is 14.6 Å². The van der Waals surface area contributed by atoms with E-state index in [9.17, 15) is 14.4 Å². The molecule has 0 saturated heterocycles. The van der Waals surface area contributed by atoms with Gasteiger partial charge in [0.15, 0.2) is 5.75 Å². The van der Waals surface area contributed by atoms with Crippen molar-refractivity contribution in [2.24, 2.45) is 0 Å². The quantitative estimate of drug-likeness (QED) is 0.255. The average molecular weight is 489 g/mol. The topological polar surface area (TPSA) is 120 Å². The third-order valence-electron chi connectivity index (χ3n) is 5.53. The zero-order valence-corrected chi connectivity index (χ0v) is 20.6. The number of nitrogens with zero attached hydrogens (tertiary/aromatic N) is 2. The summed E-state index contributed by atoms with van der Waals surface area (Å²) < 4.78 is 10.7. The Kier molecular flexibility index (Phi) is 7.28. The number of fused-ring (bicyclic) bond motifs is 1. The number of nitrogens with one attached hydrogen (secondary N) is 2. The van der Waals surface area contributed by atoms with Crippen molar-refractivity contribution < 1.29 is 14.3 Å². The number of aryl methyl sites for hydroxylation is 1. The number of aromatic nitrogens is 2. The highest BCUT2D eigenvalue weighted by Crippen LogP contribution is 2.26. The van der Waals surface area contributed by atoms with E-state index in [1.54, 1.807) is 33.2 Å². The standard InChI is InChI=1S/C27H28N4O5/c1-5-35-27(34)21(31-22-23(32)24(33)25(22)36-15(2)3)13-17-6-8-19(9-7-17)30-26-20-14-28-11-10-18(20)12-16(4)29-26/h6-12,14-15,21,31H,5,13H2,1-4H3,(H,29,30)/t21-/m0/s1. The van der Waals surface area contributed by atoms with E-state index in [2.05, 4.69) is 20.6 Å². The fourth-order valence-corrected chi connectivity index (χ4v) is 3.88. The second-order valence-corrected chi connectivity index (χ2v) is 8.71. The van der Waals surface area contributed by atoms with Gasteiger partial charge >= 0.3 is 5.97 Å². The summed E-state index contributed by atoms with van der Waals surface area (Å²) >= 11 is 0. The molecular formula is C27H28N4O5. The molecule has 4 rings (SSSR count). The van der Waals surface area contributed by atoms with E-state index < -0.39 is 22.9 Å². The van der Waals surface area contributed by atoms with E-state index in [0.29, 0.717) is 5.82 Å². The number of carbonyl (C=O) groups excluding carboxylic acids is 1. The maximum absolute atomic E-state index is 12.6. The number of benzene rings is 1. The number of hydrogen-bond acceptors (Lipinski definition) is 9. The molecular weight excluding hydrogens is 460 g/mol. The van der Waals surface area contributed by atoms with E-state index in [1.807, 2.05) is 43.3 Å². The zero-order valence-electron chi connectivity index (χ0n) is 20.6. The van der Waals surface area contributed by atoms with E-state index in [1.165, 1.54) is 0 Å². The Hall–Kier alpha value is -4.27. The van der Waals surface area contributed by atoms with Crippen molar-refractivity contribution in [1.29, 1.82) is 0 Å². The Morgan fingerprint density at radius 2 is 1.83 bits per heavy atom. The van der Waals surface area contributed by atoms with Crippen LogP contribution < -0.4 is 26.2 Å². The Balaban J connectivity index is 1.53. The normalized spacial score (nSPS) is 12.0. The van der Waals surface area contributed by atoms with E-state index in [0.717, 1.165) is 27.7 Å². The third-order valence-corrected chi connectivity index (χ3v) is 5.53. The van der Waals surface area contributed by atoms with Crippen molar-refractivity contribution >= 4 is 33.9 Å². The van der Waals surface area contributed by atoms with Gasteiger partial charge in [-0.1, -0.05) is 12.1 Å². The summed E-state index contributed by atoms with van der Waals surface area (Å²) in [5.74, 6) is 0.136. The summed E-state index contributed by atoms with van der Waals surface area (Å²) in [5, 5.41) is 8.16. The van der Waals surface area contributed by atoms with Crippen LogP contribution in [0.3, 0.4) is 0 Å². The SMILES string of the molecule is CCOC(=O)[C@H](Cc1ccc(Nc2nc(C)cc3ccncc23)cc1)Nc1c(OC(C)C)c(=O)c1=O. The monoisotopic (exact) mass is 488 g/mol. The Bertz CT molecular complexity index is 1460. The van der Waals surface area contributed by atoms with Crippen LogP contribution in [0.25, 0.3) is 10.8 Å². The molecule has 0 saturated carbocycles. The van der Waals surface area contributed by atoms with Crippen LogP contribution in [0.2, 0.25) is 0 Å². The predicted molar refractivity (Wildman–Crippen MR) is 139 cm³/mol. The molecule has 0 bridgehead atoms. The summed E-state index contributed by atoms with van der Waals surface area (Å²) in [4.78, 5) is 45.5.